The molecule has 0 radical (unpaired) electrons. The van der Waals surface area contributed by atoms with Crippen molar-refractivity contribution in [2.24, 2.45) is 0 Å². The fraction of sp³-hybridized carbons (Fsp3) is 0.471. The van der Waals surface area contributed by atoms with Crippen LogP contribution >= 0.6 is 23.1 Å². The lowest BCUT2D eigenvalue weighted by Crippen LogP contribution is -2.42. The molecule has 2 aromatic rings. The number of morpholine rings is 1. The number of hydrogen-bond donors (Lipinski definition) is 1. The van der Waals surface area contributed by atoms with Gasteiger partial charge in [0.2, 0.25) is 11.0 Å². The van der Waals surface area contributed by atoms with Crippen molar-refractivity contribution in [3.63, 3.8) is 0 Å². The zero-order valence-electron chi connectivity index (χ0n) is 14.3. The van der Waals surface area contributed by atoms with Crippen LogP contribution in [0.3, 0.4) is 0 Å². The van der Waals surface area contributed by atoms with Crippen LogP contribution in [0.25, 0.3) is 0 Å². The van der Waals surface area contributed by atoms with E-state index >= 15 is 0 Å². The molecule has 3 rings (SSSR count). The predicted molar refractivity (Wildman–Crippen MR) is 101 cm³/mol. The van der Waals surface area contributed by atoms with Crippen molar-refractivity contribution in [1.29, 1.82) is 0 Å². The number of nitrogens with one attached hydrogen (secondary N) is 1. The molecule has 134 valence electrons. The Balaban J connectivity index is 1.79. The average molecular weight is 379 g/mol. The van der Waals surface area contributed by atoms with Crippen molar-refractivity contribution in [1.82, 2.24) is 15.1 Å². The number of anilines is 1. The number of hydrogen-bond acceptors (Lipinski definition) is 7. The number of ether oxygens (including phenoxy) is 1. The maximum absolute atomic E-state index is 13.1. The van der Waals surface area contributed by atoms with Gasteiger partial charge in [-0.2, -0.15) is 0 Å². The Bertz CT molecular complexity index is 687. The smallest absolute Gasteiger partial charge is 0.240 e. The summed E-state index contributed by atoms with van der Waals surface area (Å²) in [6.45, 7) is 6.59. The SMILES string of the molecule is CC(C)Nc1nnc(S[C@@H](C(=O)N2CCOCC2)c2ccccc2)s1. The van der Waals surface area contributed by atoms with Crippen molar-refractivity contribution in [2.75, 3.05) is 31.6 Å². The topological polar surface area (TPSA) is 67.4 Å². The molecule has 1 fully saturated rings. The number of nitrogens with zero attached hydrogens (tertiary/aromatic N) is 3. The summed E-state index contributed by atoms with van der Waals surface area (Å²) in [5.41, 5.74) is 0.984. The zero-order valence-corrected chi connectivity index (χ0v) is 16.0. The van der Waals surface area contributed by atoms with E-state index in [-0.39, 0.29) is 11.2 Å². The molecule has 6 nitrogen and oxygen atoms in total. The van der Waals surface area contributed by atoms with Crippen LogP contribution in [-0.4, -0.2) is 53.3 Å². The highest BCUT2D eigenvalue weighted by atomic mass is 32.2. The van der Waals surface area contributed by atoms with Crippen LogP contribution in [0.5, 0.6) is 0 Å². The van der Waals surface area contributed by atoms with Crippen LogP contribution in [0.15, 0.2) is 34.7 Å². The number of rotatable bonds is 6. The molecule has 1 aromatic heterocycles. The molecule has 8 heteroatoms. The van der Waals surface area contributed by atoms with Crippen LogP contribution in [0.1, 0.15) is 24.7 Å². The van der Waals surface area contributed by atoms with E-state index in [0.29, 0.717) is 32.3 Å². The van der Waals surface area contributed by atoms with Crippen molar-refractivity contribution >= 4 is 34.1 Å². The van der Waals surface area contributed by atoms with Gasteiger partial charge < -0.3 is 15.0 Å². The summed E-state index contributed by atoms with van der Waals surface area (Å²) in [5.74, 6) is 0.105. The van der Waals surface area contributed by atoms with Crippen LogP contribution < -0.4 is 5.32 Å². The second kappa shape index (κ2) is 8.64. The van der Waals surface area contributed by atoms with Crippen LogP contribution in [0.2, 0.25) is 0 Å². The second-order valence-electron chi connectivity index (χ2n) is 6.02. The average Bonchev–Trinajstić information content (AvgIpc) is 3.07. The van der Waals surface area contributed by atoms with Gasteiger partial charge in [0, 0.05) is 19.1 Å². The molecule has 1 aliphatic heterocycles. The van der Waals surface area contributed by atoms with Gasteiger partial charge in [0.25, 0.3) is 0 Å². The number of carbonyl (C=O) groups excluding carboxylic acids is 1. The minimum Gasteiger partial charge on any atom is -0.378 e. The Kier molecular flexibility index (Phi) is 6.28. The third kappa shape index (κ3) is 4.93. The van der Waals surface area contributed by atoms with E-state index < -0.39 is 0 Å². The molecule has 1 aliphatic rings. The summed E-state index contributed by atoms with van der Waals surface area (Å²) in [4.78, 5) is 15.0. The molecule has 1 N–H and O–H groups in total. The minimum atomic E-state index is -0.320. The largest absolute Gasteiger partial charge is 0.378 e. The van der Waals surface area contributed by atoms with E-state index in [1.807, 2.05) is 35.2 Å². The Hall–Kier alpha value is -1.64. The highest BCUT2D eigenvalue weighted by Gasteiger charge is 2.29. The number of amides is 1. The van der Waals surface area contributed by atoms with E-state index in [1.165, 1.54) is 23.1 Å². The third-order valence-corrected chi connectivity index (χ3v) is 5.87. The van der Waals surface area contributed by atoms with E-state index in [4.69, 9.17) is 4.74 Å². The van der Waals surface area contributed by atoms with Gasteiger partial charge in [-0.05, 0) is 19.4 Å². The molecular weight excluding hydrogens is 356 g/mol. The molecule has 0 unspecified atom stereocenters. The Morgan fingerprint density at radius 2 is 1.96 bits per heavy atom. The first kappa shape index (κ1) is 18.2. The lowest BCUT2D eigenvalue weighted by Gasteiger charge is -2.30. The number of carbonyl (C=O) groups is 1. The predicted octanol–water partition coefficient (Wildman–Crippen LogP) is 3.05. The number of aromatic nitrogens is 2. The lowest BCUT2D eigenvalue weighted by molar-refractivity contribution is -0.134. The van der Waals surface area contributed by atoms with Crippen molar-refractivity contribution in [3.8, 4) is 0 Å². The van der Waals surface area contributed by atoms with Gasteiger partial charge in [0.05, 0.1) is 13.2 Å². The van der Waals surface area contributed by atoms with E-state index in [9.17, 15) is 4.79 Å². The fourth-order valence-electron chi connectivity index (χ4n) is 2.50. The number of thioether (sulfide) groups is 1. The fourth-order valence-corrected chi connectivity index (χ4v) is 4.68. The molecule has 1 saturated heterocycles. The third-order valence-electron chi connectivity index (χ3n) is 3.69. The highest BCUT2D eigenvalue weighted by Crippen LogP contribution is 2.39. The standard InChI is InChI=1S/C17H22N4O2S2/c1-12(2)18-16-19-20-17(25-16)24-14(13-6-4-3-5-7-13)15(22)21-8-10-23-11-9-21/h3-7,12,14H,8-11H2,1-2H3,(H,18,19)/t14-/m1/s1. The van der Waals surface area contributed by atoms with Gasteiger partial charge in [-0.3, -0.25) is 4.79 Å². The van der Waals surface area contributed by atoms with Gasteiger partial charge in [-0.1, -0.05) is 53.4 Å². The molecule has 0 saturated carbocycles. The maximum Gasteiger partial charge on any atom is 0.240 e. The second-order valence-corrected chi connectivity index (χ2v) is 8.35. The summed E-state index contributed by atoms with van der Waals surface area (Å²) in [6.07, 6.45) is 0. The summed E-state index contributed by atoms with van der Waals surface area (Å²) in [5, 5.41) is 12.1. The molecule has 0 aliphatic carbocycles. The minimum absolute atomic E-state index is 0.105. The van der Waals surface area contributed by atoms with Gasteiger partial charge in [0.15, 0.2) is 4.34 Å². The first-order valence-electron chi connectivity index (χ1n) is 8.31. The van der Waals surface area contributed by atoms with E-state index in [1.54, 1.807) is 0 Å². The highest BCUT2D eigenvalue weighted by molar-refractivity contribution is 8.01. The molecule has 1 atom stereocenters. The van der Waals surface area contributed by atoms with Crippen LogP contribution in [0.4, 0.5) is 5.13 Å². The monoisotopic (exact) mass is 378 g/mol. The Morgan fingerprint density at radius 3 is 2.64 bits per heavy atom. The van der Waals surface area contributed by atoms with Crippen LogP contribution in [-0.2, 0) is 9.53 Å². The normalized spacial score (nSPS) is 16.0. The summed E-state index contributed by atoms with van der Waals surface area (Å²) in [7, 11) is 0. The number of benzene rings is 1. The molecule has 1 amide bonds. The van der Waals surface area contributed by atoms with Gasteiger partial charge >= 0.3 is 0 Å². The first-order chi connectivity index (χ1) is 12.1. The maximum atomic E-state index is 13.1. The molecule has 0 bridgehead atoms. The molecule has 25 heavy (non-hydrogen) atoms. The Labute approximate surface area is 156 Å². The molecule has 2 heterocycles. The summed E-state index contributed by atoms with van der Waals surface area (Å²) in [6, 6.07) is 10.2. The summed E-state index contributed by atoms with van der Waals surface area (Å²) < 4.78 is 6.16. The van der Waals surface area contributed by atoms with Crippen molar-refractivity contribution < 1.29 is 9.53 Å². The van der Waals surface area contributed by atoms with Crippen molar-refractivity contribution in [3.05, 3.63) is 35.9 Å². The lowest BCUT2D eigenvalue weighted by atomic mass is 10.1. The summed E-state index contributed by atoms with van der Waals surface area (Å²) >= 11 is 2.95. The quantitative estimate of drug-likeness (QED) is 0.780. The molecular formula is C17H22N4O2S2. The molecule has 1 aromatic carbocycles. The van der Waals surface area contributed by atoms with E-state index in [0.717, 1.165) is 15.0 Å². The zero-order chi connectivity index (χ0) is 17.6. The Morgan fingerprint density at radius 1 is 1.24 bits per heavy atom. The molecule has 0 spiro atoms. The van der Waals surface area contributed by atoms with Gasteiger partial charge in [-0.25, -0.2) is 0 Å². The first-order valence-corrected chi connectivity index (χ1v) is 10.0. The van der Waals surface area contributed by atoms with Gasteiger partial charge in [-0.15, -0.1) is 10.2 Å². The van der Waals surface area contributed by atoms with E-state index in [2.05, 4.69) is 29.4 Å². The van der Waals surface area contributed by atoms with Crippen molar-refractivity contribution in [2.45, 2.75) is 29.5 Å². The van der Waals surface area contributed by atoms with Gasteiger partial charge in [0.1, 0.15) is 5.25 Å². The van der Waals surface area contributed by atoms with Crippen LogP contribution in [0, 0.1) is 0 Å².